The van der Waals surface area contributed by atoms with Gasteiger partial charge in [-0.3, -0.25) is 0 Å². The standard InChI is InChI=1S/C15H13ClFN3O/c16-12-9-11(18)5-6-14(12)20-15(21)19-8-7-10-3-1-2-4-13(10)17/h1-9H,18H2,(H2,19,20,21)/b8-7+. The maximum absolute atomic E-state index is 13.3. The normalized spacial score (nSPS) is 10.6. The van der Waals surface area contributed by atoms with E-state index in [2.05, 4.69) is 10.6 Å². The van der Waals surface area contributed by atoms with E-state index in [0.29, 0.717) is 22.0 Å². The van der Waals surface area contributed by atoms with Crippen molar-refractivity contribution in [3.8, 4) is 0 Å². The van der Waals surface area contributed by atoms with Crippen molar-refractivity contribution < 1.29 is 9.18 Å². The van der Waals surface area contributed by atoms with Crippen LogP contribution in [-0.4, -0.2) is 6.03 Å². The number of hydrogen-bond acceptors (Lipinski definition) is 2. The Balaban J connectivity index is 1.95. The Morgan fingerprint density at radius 1 is 1.24 bits per heavy atom. The number of nitrogens with two attached hydrogens (primary N) is 1. The van der Waals surface area contributed by atoms with Crippen LogP contribution in [0.5, 0.6) is 0 Å². The molecule has 0 bridgehead atoms. The molecule has 0 atom stereocenters. The van der Waals surface area contributed by atoms with Crippen molar-refractivity contribution >= 4 is 35.1 Å². The van der Waals surface area contributed by atoms with Crippen molar-refractivity contribution in [3.63, 3.8) is 0 Å². The van der Waals surface area contributed by atoms with Crippen LogP contribution in [0.15, 0.2) is 48.7 Å². The van der Waals surface area contributed by atoms with Crippen LogP contribution in [0, 0.1) is 5.82 Å². The van der Waals surface area contributed by atoms with Crippen LogP contribution < -0.4 is 16.4 Å². The molecule has 6 heteroatoms. The lowest BCUT2D eigenvalue weighted by Gasteiger charge is -2.07. The lowest BCUT2D eigenvalue weighted by Crippen LogP contribution is -2.23. The number of nitrogens with one attached hydrogen (secondary N) is 2. The molecule has 4 N–H and O–H groups in total. The van der Waals surface area contributed by atoms with E-state index in [1.807, 2.05) is 0 Å². The number of hydrogen-bond donors (Lipinski definition) is 3. The minimum Gasteiger partial charge on any atom is -0.399 e. The molecule has 2 amide bonds. The molecule has 2 rings (SSSR count). The summed E-state index contributed by atoms with van der Waals surface area (Å²) in [6, 6.07) is 10.5. The summed E-state index contributed by atoms with van der Waals surface area (Å²) >= 11 is 5.93. The molecule has 0 unspecified atom stereocenters. The molecule has 0 spiro atoms. The molecule has 0 aliphatic carbocycles. The van der Waals surface area contributed by atoms with Crippen molar-refractivity contribution in [2.45, 2.75) is 0 Å². The molecule has 0 heterocycles. The fourth-order valence-electron chi connectivity index (χ4n) is 1.61. The zero-order valence-corrected chi connectivity index (χ0v) is 11.7. The summed E-state index contributed by atoms with van der Waals surface area (Å²) in [6.45, 7) is 0. The van der Waals surface area contributed by atoms with E-state index in [0.717, 1.165) is 0 Å². The fraction of sp³-hybridized carbons (Fsp3) is 0. The van der Waals surface area contributed by atoms with Gasteiger partial charge < -0.3 is 16.4 Å². The smallest absolute Gasteiger partial charge is 0.323 e. The maximum atomic E-state index is 13.3. The number of urea groups is 1. The van der Waals surface area contributed by atoms with Gasteiger partial charge in [-0.25, -0.2) is 9.18 Å². The molecule has 4 nitrogen and oxygen atoms in total. The number of carbonyl (C=O) groups excluding carboxylic acids is 1. The molecule has 0 saturated carbocycles. The van der Waals surface area contributed by atoms with Crippen molar-refractivity contribution in [3.05, 3.63) is 65.1 Å². The topological polar surface area (TPSA) is 67.1 Å². The van der Waals surface area contributed by atoms with Crippen LogP contribution in [0.2, 0.25) is 5.02 Å². The zero-order valence-electron chi connectivity index (χ0n) is 10.9. The van der Waals surface area contributed by atoms with Crippen molar-refractivity contribution in [1.82, 2.24) is 5.32 Å². The Labute approximate surface area is 126 Å². The quantitative estimate of drug-likeness (QED) is 0.754. The zero-order chi connectivity index (χ0) is 15.2. The first kappa shape index (κ1) is 14.9. The Morgan fingerprint density at radius 3 is 2.71 bits per heavy atom. The monoisotopic (exact) mass is 305 g/mol. The van der Waals surface area contributed by atoms with Crippen LogP contribution in [0.4, 0.5) is 20.6 Å². The number of benzene rings is 2. The number of anilines is 2. The van der Waals surface area contributed by atoms with Gasteiger partial charge in [0.2, 0.25) is 0 Å². The second kappa shape index (κ2) is 6.76. The highest BCUT2D eigenvalue weighted by molar-refractivity contribution is 6.34. The number of nitrogen functional groups attached to an aromatic ring is 1. The second-order valence-corrected chi connectivity index (χ2v) is 4.60. The highest BCUT2D eigenvalue weighted by atomic mass is 35.5. The van der Waals surface area contributed by atoms with E-state index in [-0.39, 0.29) is 5.82 Å². The summed E-state index contributed by atoms with van der Waals surface area (Å²) in [5.74, 6) is -0.363. The molecule has 0 aromatic heterocycles. The largest absolute Gasteiger partial charge is 0.399 e. The molecule has 0 aliphatic heterocycles. The predicted octanol–water partition coefficient (Wildman–Crippen LogP) is 3.85. The van der Waals surface area contributed by atoms with Crippen LogP contribution >= 0.6 is 11.6 Å². The van der Waals surface area contributed by atoms with E-state index in [1.165, 1.54) is 24.4 Å². The molecule has 2 aromatic rings. The Hall–Kier alpha value is -2.53. The van der Waals surface area contributed by atoms with Crippen molar-refractivity contribution in [2.24, 2.45) is 0 Å². The molecular formula is C15H13ClFN3O. The van der Waals surface area contributed by atoms with Crippen LogP contribution in [0.3, 0.4) is 0 Å². The summed E-state index contributed by atoms with van der Waals surface area (Å²) in [5.41, 5.74) is 6.87. The van der Waals surface area contributed by atoms with Gasteiger partial charge in [-0.2, -0.15) is 0 Å². The molecule has 0 fully saturated rings. The summed E-state index contributed by atoms with van der Waals surface area (Å²) in [5, 5.41) is 5.35. The number of carbonyl (C=O) groups is 1. The van der Waals surface area contributed by atoms with Gasteiger partial charge in [0, 0.05) is 17.5 Å². The highest BCUT2D eigenvalue weighted by Crippen LogP contribution is 2.23. The summed E-state index contributed by atoms with van der Waals surface area (Å²) < 4.78 is 13.3. The number of amides is 2. The highest BCUT2D eigenvalue weighted by Gasteiger charge is 2.04. The van der Waals surface area contributed by atoms with Crippen LogP contribution in [-0.2, 0) is 0 Å². The van der Waals surface area contributed by atoms with Gasteiger partial charge in [0.1, 0.15) is 5.82 Å². The molecule has 0 aliphatic rings. The second-order valence-electron chi connectivity index (χ2n) is 4.19. The van der Waals surface area contributed by atoms with Crippen LogP contribution in [0.25, 0.3) is 6.08 Å². The van der Waals surface area contributed by atoms with E-state index in [4.69, 9.17) is 17.3 Å². The first-order valence-corrected chi connectivity index (χ1v) is 6.47. The summed E-state index contributed by atoms with van der Waals surface area (Å²) in [4.78, 5) is 11.7. The van der Waals surface area contributed by atoms with E-state index in [9.17, 15) is 9.18 Å². The third-order valence-corrected chi connectivity index (χ3v) is 2.94. The van der Waals surface area contributed by atoms with Gasteiger partial charge in [0.05, 0.1) is 10.7 Å². The lowest BCUT2D eigenvalue weighted by molar-refractivity contribution is 0.255. The lowest BCUT2D eigenvalue weighted by atomic mass is 10.2. The first-order chi connectivity index (χ1) is 10.1. The minimum atomic E-state index is -0.491. The first-order valence-electron chi connectivity index (χ1n) is 6.10. The van der Waals surface area contributed by atoms with E-state index in [1.54, 1.807) is 30.3 Å². The number of rotatable bonds is 3. The van der Waals surface area contributed by atoms with E-state index < -0.39 is 6.03 Å². The molecule has 108 valence electrons. The molecule has 0 radical (unpaired) electrons. The van der Waals surface area contributed by atoms with Gasteiger partial charge in [0.15, 0.2) is 0 Å². The summed E-state index contributed by atoms with van der Waals surface area (Å²) in [7, 11) is 0. The summed E-state index contributed by atoms with van der Waals surface area (Å²) in [6.07, 6.45) is 2.80. The SMILES string of the molecule is Nc1ccc(NC(=O)N/C=C/c2ccccc2F)c(Cl)c1. The Kier molecular flexibility index (Phi) is 4.79. The molecular weight excluding hydrogens is 293 g/mol. The molecule has 0 saturated heterocycles. The maximum Gasteiger partial charge on any atom is 0.323 e. The van der Waals surface area contributed by atoms with Gasteiger partial charge in [0.25, 0.3) is 0 Å². The molecule has 21 heavy (non-hydrogen) atoms. The fourth-order valence-corrected chi connectivity index (χ4v) is 1.84. The third-order valence-electron chi connectivity index (χ3n) is 2.62. The average molecular weight is 306 g/mol. The van der Waals surface area contributed by atoms with Gasteiger partial charge in [-0.1, -0.05) is 29.8 Å². The minimum absolute atomic E-state index is 0.336. The number of halogens is 2. The van der Waals surface area contributed by atoms with Crippen molar-refractivity contribution in [1.29, 1.82) is 0 Å². The Bertz CT molecular complexity index is 688. The molecule has 2 aromatic carbocycles. The van der Waals surface area contributed by atoms with Gasteiger partial charge in [-0.15, -0.1) is 0 Å². The average Bonchev–Trinajstić information content (AvgIpc) is 2.44. The van der Waals surface area contributed by atoms with Crippen molar-refractivity contribution in [2.75, 3.05) is 11.1 Å². The van der Waals surface area contributed by atoms with Gasteiger partial charge >= 0.3 is 6.03 Å². The Morgan fingerprint density at radius 2 is 2.00 bits per heavy atom. The third kappa shape index (κ3) is 4.22. The van der Waals surface area contributed by atoms with Gasteiger partial charge in [-0.05, 0) is 30.3 Å². The van der Waals surface area contributed by atoms with Crippen LogP contribution in [0.1, 0.15) is 5.56 Å². The predicted molar refractivity (Wildman–Crippen MR) is 83.5 cm³/mol. The van der Waals surface area contributed by atoms with E-state index >= 15 is 0 Å².